The quantitative estimate of drug-likeness (QED) is 0.644. The smallest absolute Gasteiger partial charge is 0.231 e. The Labute approximate surface area is 175 Å². The van der Waals surface area contributed by atoms with E-state index in [-0.39, 0.29) is 29.8 Å². The van der Waals surface area contributed by atoms with E-state index in [4.69, 9.17) is 4.74 Å². The standard InChI is InChI=1S/C23H23FN2O2.ClH/c1-14(15-3-4-17-12-19(28-2)7-5-16(17)11-15)23(27)26-21-8-6-18-13-25-10-9-20(18)22(21)24;/h3-8,11-12,14,25H,9-10,13H2,1-2H3,(H,26,27);1H. The van der Waals surface area contributed by atoms with Crippen LogP contribution in [0.1, 0.15) is 29.5 Å². The highest BCUT2D eigenvalue weighted by Crippen LogP contribution is 2.28. The molecule has 0 aliphatic carbocycles. The van der Waals surface area contributed by atoms with Gasteiger partial charge in [-0.25, -0.2) is 4.39 Å². The second-order valence-electron chi connectivity index (χ2n) is 7.18. The lowest BCUT2D eigenvalue weighted by Gasteiger charge is -2.20. The molecule has 0 bridgehead atoms. The Balaban J connectivity index is 0.00000240. The molecule has 0 fully saturated rings. The molecule has 29 heavy (non-hydrogen) atoms. The van der Waals surface area contributed by atoms with E-state index in [9.17, 15) is 9.18 Å². The second kappa shape index (κ2) is 8.80. The molecule has 0 aromatic heterocycles. The number of ether oxygens (including phenoxy) is 1. The number of nitrogens with one attached hydrogen (secondary N) is 2. The molecule has 3 aromatic carbocycles. The molecular weight excluding hydrogens is 391 g/mol. The largest absolute Gasteiger partial charge is 0.497 e. The SMILES string of the molecule is COc1ccc2cc(C(C)C(=O)Nc3ccc4c(c3F)CCNC4)ccc2c1.Cl. The number of hydrogen-bond donors (Lipinski definition) is 2. The molecular formula is C23H24ClFN2O2. The highest BCUT2D eigenvalue weighted by Gasteiger charge is 2.20. The molecule has 2 N–H and O–H groups in total. The zero-order valence-corrected chi connectivity index (χ0v) is 17.2. The van der Waals surface area contributed by atoms with Gasteiger partial charge in [-0.1, -0.05) is 30.3 Å². The molecule has 6 heteroatoms. The van der Waals surface area contributed by atoms with Crippen molar-refractivity contribution in [2.45, 2.75) is 25.8 Å². The van der Waals surface area contributed by atoms with Crippen molar-refractivity contribution in [2.75, 3.05) is 19.0 Å². The first-order chi connectivity index (χ1) is 13.6. The Morgan fingerprint density at radius 3 is 2.69 bits per heavy atom. The minimum atomic E-state index is -0.399. The van der Waals surface area contributed by atoms with E-state index >= 15 is 0 Å². The van der Waals surface area contributed by atoms with Gasteiger partial charge in [-0.2, -0.15) is 0 Å². The van der Waals surface area contributed by atoms with Gasteiger partial charge < -0.3 is 15.4 Å². The maximum absolute atomic E-state index is 14.8. The Morgan fingerprint density at radius 2 is 1.90 bits per heavy atom. The minimum absolute atomic E-state index is 0. The first-order valence-corrected chi connectivity index (χ1v) is 9.46. The molecule has 1 unspecified atom stereocenters. The second-order valence-corrected chi connectivity index (χ2v) is 7.18. The average molecular weight is 415 g/mol. The highest BCUT2D eigenvalue weighted by atomic mass is 35.5. The summed E-state index contributed by atoms with van der Waals surface area (Å²) < 4.78 is 20.1. The fraction of sp³-hybridized carbons (Fsp3) is 0.261. The van der Waals surface area contributed by atoms with E-state index in [1.54, 1.807) is 13.2 Å². The summed E-state index contributed by atoms with van der Waals surface area (Å²) in [5, 5.41) is 8.08. The molecule has 1 heterocycles. The number of methoxy groups -OCH3 is 1. The number of amides is 1. The lowest BCUT2D eigenvalue weighted by atomic mass is 9.96. The third-order valence-corrected chi connectivity index (χ3v) is 5.43. The van der Waals surface area contributed by atoms with Crippen LogP contribution in [0.2, 0.25) is 0 Å². The summed E-state index contributed by atoms with van der Waals surface area (Å²) in [6.45, 7) is 3.25. The average Bonchev–Trinajstić information content (AvgIpc) is 2.74. The zero-order chi connectivity index (χ0) is 19.7. The van der Waals surface area contributed by atoms with Crippen molar-refractivity contribution >= 4 is 34.8 Å². The first-order valence-electron chi connectivity index (χ1n) is 9.46. The van der Waals surface area contributed by atoms with Crippen LogP contribution in [0, 0.1) is 5.82 Å². The van der Waals surface area contributed by atoms with Crippen molar-refractivity contribution < 1.29 is 13.9 Å². The molecule has 0 radical (unpaired) electrons. The summed E-state index contributed by atoms with van der Waals surface area (Å²) in [5.41, 5.74) is 2.80. The van der Waals surface area contributed by atoms with Crippen LogP contribution in [0.4, 0.5) is 10.1 Å². The molecule has 0 spiro atoms. The minimum Gasteiger partial charge on any atom is -0.497 e. The summed E-state index contributed by atoms with van der Waals surface area (Å²) in [4.78, 5) is 12.8. The van der Waals surface area contributed by atoms with E-state index in [2.05, 4.69) is 10.6 Å². The number of fused-ring (bicyclic) bond motifs is 2. The van der Waals surface area contributed by atoms with Crippen molar-refractivity contribution in [3.63, 3.8) is 0 Å². The van der Waals surface area contributed by atoms with Gasteiger partial charge in [0, 0.05) is 6.54 Å². The van der Waals surface area contributed by atoms with Gasteiger partial charge >= 0.3 is 0 Å². The van der Waals surface area contributed by atoms with Gasteiger partial charge in [0.2, 0.25) is 5.91 Å². The maximum atomic E-state index is 14.8. The number of benzene rings is 3. The number of hydrogen-bond acceptors (Lipinski definition) is 3. The molecule has 1 aliphatic rings. The first kappa shape index (κ1) is 21.1. The van der Waals surface area contributed by atoms with E-state index in [1.807, 2.05) is 49.4 Å². The summed E-state index contributed by atoms with van der Waals surface area (Å²) >= 11 is 0. The zero-order valence-electron chi connectivity index (χ0n) is 16.4. The van der Waals surface area contributed by atoms with E-state index < -0.39 is 5.92 Å². The Hall–Kier alpha value is -2.63. The van der Waals surface area contributed by atoms with Crippen molar-refractivity contribution in [3.8, 4) is 5.75 Å². The maximum Gasteiger partial charge on any atom is 0.231 e. The fourth-order valence-corrected chi connectivity index (χ4v) is 3.66. The van der Waals surface area contributed by atoms with Crippen LogP contribution in [0.25, 0.3) is 10.8 Å². The Bertz CT molecular complexity index is 1050. The molecule has 1 aliphatic heterocycles. The van der Waals surface area contributed by atoms with Gasteiger partial charge in [0.05, 0.1) is 18.7 Å². The van der Waals surface area contributed by atoms with E-state index in [1.165, 1.54) is 0 Å². The van der Waals surface area contributed by atoms with Gasteiger partial charge in [0.1, 0.15) is 11.6 Å². The van der Waals surface area contributed by atoms with Crippen LogP contribution in [-0.4, -0.2) is 19.6 Å². The predicted molar refractivity (Wildman–Crippen MR) is 117 cm³/mol. The van der Waals surface area contributed by atoms with Gasteiger partial charge in [-0.15, -0.1) is 12.4 Å². The topological polar surface area (TPSA) is 50.4 Å². The van der Waals surface area contributed by atoms with Crippen LogP contribution < -0.4 is 15.4 Å². The summed E-state index contributed by atoms with van der Waals surface area (Å²) in [6, 6.07) is 15.3. The number of halogens is 2. The summed E-state index contributed by atoms with van der Waals surface area (Å²) in [6.07, 6.45) is 0.633. The highest BCUT2D eigenvalue weighted by molar-refractivity contribution is 5.96. The third kappa shape index (κ3) is 4.21. The summed E-state index contributed by atoms with van der Waals surface area (Å²) in [7, 11) is 1.64. The van der Waals surface area contributed by atoms with Crippen LogP contribution in [0.15, 0.2) is 48.5 Å². The third-order valence-electron chi connectivity index (χ3n) is 5.43. The normalized spacial score (nSPS) is 13.9. The van der Waals surface area contributed by atoms with Crippen LogP contribution in [0.3, 0.4) is 0 Å². The van der Waals surface area contributed by atoms with Crippen LogP contribution in [-0.2, 0) is 17.8 Å². The number of carbonyl (C=O) groups excluding carboxylic acids is 1. The van der Waals surface area contributed by atoms with Crippen LogP contribution >= 0.6 is 12.4 Å². The lowest BCUT2D eigenvalue weighted by molar-refractivity contribution is -0.117. The van der Waals surface area contributed by atoms with E-state index in [0.717, 1.165) is 34.2 Å². The lowest BCUT2D eigenvalue weighted by Crippen LogP contribution is -2.26. The number of anilines is 1. The van der Waals surface area contributed by atoms with Gasteiger partial charge in [0.25, 0.3) is 0 Å². The van der Waals surface area contributed by atoms with Gasteiger partial charge in [0.15, 0.2) is 0 Å². The van der Waals surface area contributed by atoms with E-state index in [0.29, 0.717) is 18.5 Å². The molecule has 0 saturated heterocycles. The monoisotopic (exact) mass is 414 g/mol. The molecule has 152 valence electrons. The molecule has 1 atom stereocenters. The van der Waals surface area contributed by atoms with Crippen molar-refractivity contribution in [1.29, 1.82) is 0 Å². The molecule has 1 amide bonds. The number of rotatable bonds is 4. The molecule has 0 saturated carbocycles. The van der Waals surface area contributed by atoms with Crippen LogP contribution in [0.5, 0.6) is 5.75 Å². The Kier molecular flexibility index (Phi) is 6.40. The number of carbonyl (C=O) groups is 1. The van der Waals surface area contributed by atoms with Crippen molar-refractivity contribution in [2.24, 2.45) is 0 Å². The molecule has 3 aromatic rings. The predicted octanol–water partition coefficient (Wildman–Crippen LogP) is 4.80. The molecule has 4 nitrogen and oxygen atoms in total. The Morgan fingerprint density at radius 1 is 1.14 bits per heavy atom. The summed E-state index contributed by atoms with van der Waals surface area (Å²) in [5.74, 6) is -0.140. The fourth-order valence-electron chi connectivity index (χ4n) is 3.66. The van der Waals surface area contributed by atoms with Crippen molar-refractivity contribution in [1.82, 2.24) is 5.32 Å². The van der Waals surface area contributed by atoms with Crippen molar-refractivity contribution in [3.05, 3.63) is 71.0 Å². The van der Waals surface area contributed by atoms with Gasteiger partial charge in [-0.05, 0) is 65.6 Å². The van der Waals surface area contributed by atoms with Gasteiger partial charge in [-0.3, -0.25) is 4.79 Å². The molecule has 4 rings (SSSR count).